The fourth-order valence-electron chi connectivity index (χ4n) is 2.97. The second-order valence-electron chi connectivity index (χ2n) is 6.19. The van der Waals surface area contributed by atoms with Crippen molar-refractivity contribution in [3.05, 3.63) is 29.8 Å². The van der Waals surface area contributed by atoms with Gasteiger partial charge in [-0.1, -0.05) is 25.1 Å². The molecule has 1 aromatic rings. The van der Waals surface area contributed by atoms with Crippen molar-refractivity contribution in [3.8, 4) is 0 Å². The summed E-state index contributed by atoms with van der Waals surface area (Å²) in [6.45, 7) is 6.93. The molecular formula is C17H27N3O. The van der Waals surface area contributed by atoms with Gasteiger partial charge in [0.25, 0.3) is 0 Å². The highest BCUT2D eigenvalue weighted by atomic mass is 16.1. The summed E-state index contributed by atoms with van der Waals surface area (Å²) < 4.78 is 0. The van der Waals surface area contributed by atoms with Crippen molar-refractivity contribution < 1.29 is 4.79 Å². The topological polar surface area (TPSA) is 58.4 Å². The van der Waals surface area contributed by atoms with Crippen LogP contribution in [0.2, 0.25) is 0 Å². The average molecular weight is 289 g/mol. The van der Waals surface area contributed by atoms with Crippen LogP contribution in [0.15, 0.2) is 24.3 Å². The number of nitrogens with one attached hydrogen (secondary N) is 1. The van der Waals surface area contributed by atoms with Crippen molar-refractivity contribution in [3.63, 3.8) is 0 Å². The lowest BCUT2D eigenvalue weighted by atomic mass is 9.95. The Hall–Kier alpha value is -1.39. The fraction of sp³-hybridized carbons (Fsp3) is 0.588. The van der Waals surface area contributed by atoms with E-state index in [4.69, 9.17) is 5.73 Å². The molecule has 1 heterocycles. The standard InChI is InChI=1S/C17H27N3O/c1-13-7-8-14(2)20(12-13)10-9-17(21)19-16-6-4-3-5-15(16)11-18/h3-6,13-14H,7-12,18H2,1-2H3,(H,19,21). The zero-order valence-electron chi connectivity index (χ0n) is 13.1. The summed E-state index contributed by atoms with van der Waals surface area (Å²) in [4.78, 5) is 14.6. The number of hydrogen-bond acceptors (Lipinski definition) is 3. The molecule has 2 atom stereocenters. The van der Waals surface area contributed by atoms with E-state index in [9.17, 15) is 4.79 Å². The molecular weight excluding hydrogens is 262 g/mol. The van der Waals surface area contributed by atoms with Crippen LogP contribution >= 0.6 is 0 Å². The maximum absolute atomic E-state index is 12.1. The lowest BCUT2D eigenvalue weighted by molar-refractivity contribution is -0.116. The minimum absolute atomic E-state index is 0.0707. The number of rotatable bonds is 5. The molecule has 0 radical (unpaired) electrons. The predicted molar refractivity (Wildman–Crippen MR) is 87.0 cm³/mol. The van der Waals surface area contributed by atoms with Gasteiger partial charge in [0, 0.05) is 37.8 Å². The van der Waals surface area contributed by atoms with Crippen LogP contribution in [0, 0.1) is 5.92 Å². The Balaban J connectivity index is 1.84. The van der Waals surface area contributed by atoms with E-state index in [1.165, 1.54) is 12.8 Å². The Bertz CT molecular complexity index is 475. The molecule has 2 unspecified atom stereocenters. The Kier molecular flexibility index (Phi) is 5.76. The number of anilines is 1. The Morgan fingerprint density at radius 1 is 1.33 bits per heavy atom. The smallest absolute Gasteiger partial charge is 0.225 e. The van der Waals surface area contributed by atoms with Gasteiger partial charge < -0.3 is 11.1 Å². The highest BCUT2D eigenvalue weighted by Gasteiger charge is 2.22. The van der Waals surface area contributed by atoms with Crippen molar-refractivity contribution in [2.75, 3.05) is 18.4 Å². The molecule has 116 valence electrons. The second-order valence-corrected chi connectivity index (χ2v) is 6.19. The summed E-state index contributed by atoms with van der Waals surface area (Å²) in [5, 5.41) is 2.98. The van der Waals surface area contributed by atoms with Crippen LogP contribution in [0.25, 0.3) is 0 Å². The third kappa shape index (κ3) is 4.55. The Labute approximate surface area is 127 Å². The summed E-state index contributed by atoms with van der Waals surface area (Å²) >= 11 is 0. The molecule has 1 aliphatic heterocycles. The number of para-hydroxylation sites is 1. The number of likely N-dealkylation sites (tertiary alicyclic amines) is 1. The van der Waals surface area contributed by atoms with Crippen molar-refractivity contribution in [2.45, 2.75) is 45.7 Å². The molecule has 4 nitrogen and oxygen atoms in total. The van der Waals surface area contributed by atoms with E-state index in [2.05, 4.69) is 24.1 Å². The van der Waals surface area contributed by atoms with E-state index in [0.717, 1.165) is 30.3 Å². The SMILES string of the molecule is CC1CCC(C)N(CCC(=O)Nc2ccccc2CN)C1. The number of hydrogen-bond donors (Lipinski definition) is 2. The summed E-state index contributed by atoms with van der Waals surface area (Å²) in [5.41, 5.74) is 7.51. The van der Waals surface area contributed by atoms with Crippen LogP contribution in [0.1, 0.15) is 38.7 Å². The van der Waals surface area contributed by atoms with Crippen LogP contribution in [0.3, 0.4) is 0 Å². The van der Waals surface area contributed by atoms with Crippen molar-refractivity contribution in [2.24, 2.45) is 11.7 Å². The molecule has 3 N–H and O–H groups in total. The molecule has 0 aromatic heterocycles. The first-order valence-electron chi connectivity index (χ1n) is 7.92. The molecule has 1 fully saturated rings. The van der Waals surface area contributed by atoms with Crippen LogP contribution < -0.4 is 11.1 Å². The first-order valence-corrected chi connectivity index (χ1v) is 7.92. The minimum atomic E-state index is 0.0707. The Morgan fingerprint density at radius 3 is 2.86 bits per heavy atom. The lowest BCUT2D eigenvalue weighted by Crippen LogP contribution is -2.42. The van der Waals surface area contributed by atoms with Gasteiger partial charge in [-0.3, -0.25) is 9.69 Å². The summed E-state index contributed by atoms with van der Waals surface area (Å²) in [7, 11) is 0. The number of piperidine rings is 1. The van der Waals surface area contributed by atoms with Gasteiger partial charge in [-0.25, -0.2) is 0 Å². The van der Waals surface area contributed by atoms with Gasteiger partial charge in [0.1, 0.15) is 0 Å². The summed E-state index contributed by atoms with van der Waals surface area (Å²) in [6, 6.07) is 8.30. The van der Waals surface area contributed by atoms with Crippen LogP contribution in [-0.4, -0.2) is 29.9 Å². The highest BCUT2D eigenvalue weighted by Crippen LogP contribution is 2.21. The summed E-state index contributed by atoms with van der Waals surface area (Å²) in [5.74, 6) is 0.809. The zero-order chi connectivity index (χ0) is 15.2. The second kappa shape index (κ2) is 7.57. The molecule has 0 aliphatic carbocycles. The molecule has 4 heteroatoms. The molecule has 0 bridgehead atoms. The molecule has 0 spiro atoms. The third-order valence-corrected chi connectivity index (χ3v) is 4.38. The number of nitrogens with zero attached hydrogens (tertiary/aromatic N) is 1. The van der Waals surface area contributed by atoms with Crippen molar-refractivity contribution in [1.29, 1.82) is 0 Å². The maximum atomic E-state index is 12.1. The third-order valence-electron chi connectivity index (χ3n) is 4.38. The quantitative estimate of drug-likeness (QED) is 0.876. The zero-order valence-corrected chi connectivity index (χ0v) is 13.1. The average Bonchev–Trinajstić information content (AvgIpc) is 2.49. The predicted octanol–water partition coefficient (Wildman–Crippen LogP) is 2.59. The molecule has 0 saturated carbocycles. The van der Waals surface area contributed by atoms with Gasteiger partial charge in [-0.15, -0.1) is 0 Å². The molecule has 2 rings (SSSR count). The number of carbonyl (C=O) groups excluding carboxylic acids is 1. The van der Waals surface area contributed by atoms with E-state index >= 15 is 0 Å². The number of benzene rings is 1. The highest BCUT2D eigenvalue weighted by molar-refractivity contribution is 5.91. The maximum Gasteiger partial charge on any atom is 0.225 e. The molecule has 1 saturated heterocycles. The van der Waals surface area contributed by atoms with Gasteiger partial charge in [-0.05, 0) is 37.3 Å². The van der Waals surface area contributed by atoms with Crippen molar-refractivity contribution in [1.82, 2.24) is 4.90 Å². The van der Waals surface area contributed by atoms with Crippen LogP contribution in [0.4, 0.5) is 5.69 Å². The van der Waals surface area contributed by atoms with Crippen LogP contribution in [0.5, 0.6) is 0 Å². The number of amides is 1. The minimum Gasteiger partial charge on any atom is -0.326 e. The molecule has 21 heavy (non-hydrogen) atoms. The summed E-state index contributed by atoms with van der Waals surface area (Å²) in [6.07, 6.45) is 3.07. The number of carbonyl (C=O) groups is 1. The monoisotopic (exact) mass is 289 g/mol. The molecule has 1 aromatic carbocycles. The van der Waals surface area contributed by atoms with Gasteiger partial charge in [0.2, 0.25) is 5.91 Å². The lowest BCUT2D eigenvalue weighted by Gasteiger charge is -2.36. The normalized spacial score (nSPS) is 23.0. The van der Waals surface area contributed by atoms with Gasteiger partial charge in [0.05, 0.1) is 0 Å². The van der Waals surface area contributed by atoms with Gasteiger partial charge in [0.15, 0.2) is 0 Å². The van der Waals surface area contributed by atoms with E-state index in [1.807, 2.05) is 24.3 Å². The fourth-order valence-corrected chi connectivity index (χ4v) is 2.97. The van der Waals surface area contributed by atoms with Gasteiger partial charge >= 0.3 is 0 Å². The van der Waals surface area contributed by atoms with E-state index in [0.29, 0.717) is 19.0 Å². The van der Waals surface area contributed by atoms with E-state index in [-0.39, 0.29) is 5.91 Å². The molecule has 1 aliphatic rings. The first-order chi connectivity index (χ1) is 10.1. The first kappa shape index (κ1) is 16.0. The Morgan fingerprint density at radius 2 is 2.10 bits per heavy atom. The van der Waals surface area contributed by atoms with E-state index < -0.39 is 0 Å². The number of nitrogens with two attached hydrogens (primary N) is 1. The van der Waals surface area contributed by atoms with Crippen molar-refractivity contribution >= 4 is 11.6 Å². The largest absolute Gasteiger partial charge is 0.326 e. The molecule has 1 amide bonds. The van der Waals surface area contributed by atoms with Gasteiger partial charge in [-0.2, -0.15) is 0 Å². The van der Waals surface area contributed by atoms with E-state index in [1.54, 1.807) is 0 Å². The van der Waals surface area contributed by atoms with Crippen LogP contribution in [-0.2, 0) is 11.3 Å².